The van der Waals surface area contributed by atoms with Crippen molar-refractivity contribution in [2.24, 2.45) is 5.92 Å². The van der Waals surface area contributed by atoms with Crippen LogP contribution in [0.4, 0.5) is 21.0 Å². The number of benzene rings is 2. The fourth-order valence-corrected chi connectivity index (χ4v) is 5.12. The molecule has 0 aromatic heterocycles. The zero-order valence-electron chi connectivity index (χ0n) is 23.2. The lowest BCUT2D eigenvalue weighted by Crippen LogP contribution is -2.41. The highest BCUT2D eigenvalue weighted by Gasteiger charge is 2.27. The van der Waals surface area contributed by atoms with E-state index in [0.717, 1.165) is 37.2 Å². The molecule has 2 saturated carbocycles. The van der Waals surface area contributed by atoms with Gasteiger partial charge < -0.3 is 21.3 Å². The number of carbonyl (C=O) groups excluding carboxylic acids is 2. The topological polar surface area (TPSA) is 82.3 Å². The van der Waals surface area contributed by atoms with Crippen molar-refractivity contribution in [2.45, 2.75) is 96.4 Å². The summed E-state index contributed by atoms with van der Waals surface area (Å²) in [7, 11) is 0. The first-order chi connectivity index (χ1) is 17.5. The van der Waals surface area contributed by atoms with Crippen molar-refractivity contribution in [1.82, 2.24) is 10.6 Å². The van der Waals surface area contributed by atoms with Crippen LogP contribution < -0.4 is 21.3 Å². The normalized spacial score (nSPS) is 16.4. The Labute approximate surface area is 222 Å². The summed E-state index contributed by atoms with van der Waals surface area (Å²) in [4.78, 5) is 24.8. The number of anilines is 2. The number of hydrogen-bond acceptors (Lipinski definition) is 2. The Bertz CT molecular complexity index is 1110. The van der Waals surface area contributed by atoms with E-state index in [-0.39, 0.29) is 22.9 Å². The zero-order valence-corrected chi connectivity index (χ0v) is 23.2. The summed E-state index contributed by atoms with van der Waals surface area (Å²) in [6.45, 7) is 11.9. The number of carbonyl (C=O) groups is 2. The maximum atomic E-state index is 12.4. The molecule has 4 amide bonds. The number of nitrogens with one attached hydrogen (secondary N) is 4. The predicted octanol–water partition coefficient (Wildman–Crippen LogP) is 7.10. The van der Waals surface area contributed by atoms with Gasteiger partial charge in [0.05, 0.1) is 0 Å². The summed E-state index contributed by atoms with van der Waals surface area (Å²) in [6, 6.07) is 14.5. The van der Waals surface area contributed by atoms with Gasteiger partial charge in [0.1, 0.15) is 0 Å². The smallest absolute Gasteiger partial charge is 0.319 e. The Morgan fingerprint density at radius 2 is 1.51 bits per heavy atom. The third-order valence-corrected chi connectivity index (χ3v) is 7.93. The summed E-state index contributed by atoms with van der Waals surface area (Å²) in [6.07, 6.45) is 7.86. The van der Waals surface area contributed by atoms with Crippen molar-refractivity contribution in [3.05, 3.63) is 59.2 Å². The summed E-state index contributed by atoms with van der Waals surface area (Å²) in [5.74, 6) is 0.631. The summed E-state index contributed by atoms with van der Waals surface area (Å²) in [5.41, 5.74) is 5.07. The molecule has 2 fully saturated rings. The van der Waals surface area contributed by atoms with E-state index in [1.54, 1.807) is 0 Å². The second kappa shape index (κ2) is 11.2. The van der Waals surface area contributed by atoms with E-state index in [4.69, 9.17) is 0 Å². The minimum atomic E-state index is -0.156. The van der Waals surface area contributed by atoms with Gasteiger partial charge >= 0.3 is 12.1 Å². The van der Waals surface area contributed by atoms with Crippen LogP contribution in [-0.2, 0) is 17.3 Å². The largest absolute Gasteiger partial charge is 0.338 e. The van der Waals surface area contributed by atoms with Crippen LogP contribution in [0.25, 0.3) is 0 Å². The minimum Gasteiger partial charge on any atom is -0.338 e. The van der Waals surface area contributed by atoms with Crippen molar-refractivity contribution in [2.75, 3.05) is 17.2 Å². The highest BCUT2D eigenvalue weighted by Crippen LogP contribution is 2.35. The third kappa shape index (κ3) is 7.27. The molecule has 0 aliphatic heterocycles. The molecule has 2 aliphatic rings. The molecule has 0 saturated heterocycles. The van der Waals surface area contributed by atoms with E-state index in [9.17, 15) is 9.59 Å². The lowest BCUT2D eigenvalue weighted by Gasteiger charge is -2.31. The van der Waals surface area contributed by atoms with E-state index in [1.807, 2.05) is 18.2 Å². The maximum Gasteiger partial charge on any atom is 0.319 e. The standard InChI is InChI=1S/C31H44N4O2/c1-30(2,3)27-18-26(34-28(36)32-20-21-9-6-10-21)16-15-22(27)19-31(4,5)23-11-7-14-25(17-23)35-29(37)33-24-12-8-13-24/h7,11,14-18,21,24H,6,8-10,12-13,19-20H2,1-5H3,(H2,32,34,36)(H2,33,35,37). The van der Waals surface area contributed by atoms with Gasteiger partial charge in [0.15, 0.2) is 0 Å². The molecule has 0 atom stereocenters. The van der Waals surface area contributed by atoms with Gasteiger partial charge in [-0.15, -0.1) is 0 Å². The van der Waals surface area contributed by atoms with Crippen molar-refractivity contribution >= 4 is 23.4 Å². The first-order valence-electron chi connectivity index (χ1n) is 13.9. The predicted molar refractivity (Wildman–Crippen MR) is 152 cm³/mol. The molecule has 0 radical (unpaired) electrons. The van der Waals surface area contributed by atoms with E-state index in [1.165, 1.54) is 42.4 Å². The molecule has 6 nitrogen and oxygen atoms in total. The van der Waals surface area contributed by atoms with Crippen LogP contribution in [0.15, 0.2) is 42.5 Å². The van der Waals surface area contributed by atoms with Crippen molar-refractivity contribution < 1.29 is 9.59 Å². The molecule has 0 heterocycles. The molecule has 2 aromatic carbocycles. The van der Waals surface area contributed by atoms with Gasteiger partial charge in [-0.05, 0) is 96.2 Å². The van der Waals surface area contributed by atoms with Gasteiger partial charge in [0.2, 0.25) is 0 Å². The Morgan fingerprint density at radius 3 is 2.14 bits per heavy atom. The average molecular weight is 505 g/mol. The van der Waals surface area contributed by atoms with E-state index < -0.39 is 0 Å². The minimum absolute atomic E-state index is 0.0749. The lowest BCUT2D eigenvalue weighted by atomic mass is 9.74. The Hall–Kier alpha value is -3.02. The van der Waals surface area contributed by atoms with Crippen molar-refractivity contribution in [3.8, 4) is 0 Å². The van der Waals surface area contributed by atoms with Crippen molar-refractivity contribution in [1.29, 1.82) is 0 Å². The van der Waals surface area contributed by atoms with Gasteiger partial charge in [0, 0.05) is 24.0 Å². The highest BCUT2D eigenvalue weighted by atomic mass is 16.2. The lowest BCUT2D eigenvalue weighted by molar-refractivity contribution is 0.240. The Balaban J connectivity index is 1.45. The van der Waals surface area contributed by atoms with Crippen LogP contribution in [0.1, 0.15) is 89.8 Å². The van der Waals surface area contributed by atoms with Crippen LogP contribution in [-0.4, -0.2) is 24.6 Å². The number of rotatable bonds is 8. The molecule has 200 valence electrons. The molecule has 2 aromatic rings. The second-order valence-corrected chi connectivity index (χ2v) is 12.6. The number of amides is 4. The molecule has 0 unspecified atom stereocenters. The molecule has 37 heavy (non-hydrogen) atoms. The van der Waals surface area contributed by atoms with Crippen LogP contribution in [0.2, 0.25) is 0 Å². The second-order valence-electron chi connectivity index (χ2n) is 12.6. The van der Waals surface area contributed by atoms with E-state index >= 15 is 0 Å². The Kier molecular flexibility index (Phi) is 8.15. The van der Waals surface area contributed by atoms with Crippen LogP contribution in [0.5, 0.6) is 0 Å². The molecule has 6 heteroatoms. The van der Waals surface area contributed by atoms with E-state index in [0.29, 0.717) is 12.0 Å². The maximum absolute atomic E-state index is 12.4. The fourth-order valence-electron chi connectivity index (χ4n) is 5.12. The molecule has 0 spiro atoms. The van der Waals surface area contributed by atoms with Gasteiger partial charge in [-0.25, -0.2) is 9.59 Å². The summed E-state index contributed by atoms with van der Waals surface area (Å²) >= 11 is 0. The van der Waals surface area contributed by atoms with Crippen LogP contribution in [0, 0.1) is 5.92 Å². The molecular formula is C31H44N4O2. The molecular weight excluding hydrogens is 460 g/mol. The third-order valence-electron chi connectivity index (χ3n) is 7.93. The molecule has 4 rings (SSSR count). The highest BCUT2D eigenvalue weighted by molar-refractivity contribution is 5.90. The first kappa shape index (κ1) is 27.0. The van der Waals surface area contributed by atoms with Gasteiger partial charge in [-0.2, -0.15) is 0 Å². The van der Waals surface area contributed by atoms with E-state index in [2.05, 4.69) is 80.2 Å². The quantitative estimate of drug-likeness (QED) is 0.309. The number of hydrogen-bond donors (Lipinski definition) is 4. The summed E-state index contributed by atoms with van der Waals surface area (Å²) in [5, 5.41) is 12.1. The molecule has 2 aliphatic carbocycles. The summed E-state index contributed by atoms with van der Waals surface area (Å²) < 4.78 is 0. The first-order valence-corrected chi connectivity index (χ1v) is 13.9. The molecule has 0 bridgehead atoms. The fraction of sp³-hybridized carbons (Fsp3) is 0.548. The van der Waals surface area contributed by atoms with Gasteiger partial charge in [0.25, 0.3) is 0 Å². The monoisotopic (exact) mass is 504 g/mol. The zero-order chi connectivity index (χ0) is 26.6. The number of urea groups is 2. The molecule has 4 N–H and O–H groups in total. The van der Waals surface area contributed by atoms with Crippen LogP contribution in [0.3, 0.4) is 0 Å². The van der Waals surface area contributed by atoms with Crippen LogP contribution >= 0.6 is 0 Å². The van der Waals surface area contributed by atoms with Gasteiger partial charge in [-0.3, -0.25) is 0 Å². The average Bonchev–Trinajstić information content (AvgIpc) is 2.75. The van der Waals surface area contributed by atoms with Gasteiger partial charge in [-0.1, -0.05) is 59.2 Å². The Morgan fingerprint density at radius 1 is 0.838 bits per heavy atom. The van der Waals surface area contributed by atoms with Crippen molar-refractivity contribution in [3.63, 3.8) is 0 Å². The SMILES string of the molecule is CC(C)(C)c1cc(NC(=O)NCC2CCC2)ccc1CC(C)(C)c1cccc(NC(=O)NC2CCC2)c1.